The second kappa shape index (κ2) is 5.52. The summed E-state index contributed by atoms with van der Waals surface area (Å²) in [4.78, 5) is 20.5. The molecule has 2 atom stereocenters. The van der Waals surface area contributed by atoms with Crippen LogP contribution < -0.4 is 0 Å². The van der Waals surface area contributed by atoms with E-state index in [1.807, 2.05) is 11.8 Å². The van der Waals surface area contributed by atoms with Crippen LogP contribution in [0.15, 0.2) is 4.52 Å². The molecule has 3 heterocycles. The minimum atomic E-state index is 0.203. The average molecular weight is 278 g/mol. The lowest BCUT2D eigenvalue weighted by Gasteiger charge is -2.34. The van der Waals surface area contributed by atoms with Gasteiger partial charge in [-0.25, -0.2) is 0 Å². The molecule has 1 aromatic heterocycles. The van der Waals surface area contributed by atoms with Gasteiger partial charge in [-0.1, -0.05) is 5.16 Å². The number of nitrogens with zero attached hydrogens (tertiary/aromatic N) is 4. The molecule has 0 saturated carbocycles. The fourth-order valence-corrected chi connectivity index (χ4v) is 3.65. The Labute approximate surface area is 119 Å². The summed E-state index contributed by atoms with van der Waals surface area (Å²) in [6.07, 6.45) is 4.58. The summed E-state index contributed by atoms with van der Waals surface area (Å²) in [6.45, 7) is 6.18. The molecule has 1 aromatic rings. The van der Waals surface area contributed by atoms with Crippen LogP contribution in [0.4, 0.5) is 0 Å². The molecule has 2 fully saturated rings. The van der Waals surface area contributed by atoms with Gasteiger partial charge in [0, 0.05) is 32.5 Å². The van der Waals surface area contributed by atoms with Crippen molar-refractivity contribution in [2.45, 2.75) is 58.2 Å². The number of aromatic nitrogens is 2. The number of hydrogen-bond donors (Lipinski definition) is 0. The van der Waals surface area contributed by atoms with E-state index >= 15 is 0 Å². The summed E-state index contributed by atoms with van der Waals surface area (Å²) in [6, 6.07) is 0.809. The van der Waals surface area contributed by atoms with Gasteiger partial charge < -0.3 is 9.42 Å². The molecular formula is C14H22N4O2. The minimum absolute atomic E-state index is 0.203. The molecule has 2 aliphatic rings. The van der Waals surface area contributed by atoms with Gasteiger partial charge in [0.05, 0.1) is 6.54 Å². The van der Waals surface area contributed by atoms with Crippen molar-refractivity contribution in [2.75, 3.05) is 13.1 Å². The normalized spacial score (nSPS) is 27.4. The van der Waals surface area contributed by atoms with E-state index in [9.17, 15) is 4.79 Å². The average Bonchev–Trinajstić information content (AvgIpc) is 3.09. The van der Waals surface area contributed by atoms with Gasteiger partial charge in [0.1, 0.15) is 0 Å². The van der Waals surface area contributed by atoms with E-state index in [1.54, 1.807) is 6.92 Å². The topological polar surface area (TPSA) is 62.5 Å². The van der Waals surface area contributed by atoms with Gasteiger partial charge in [0.2, 0.25) is 11.8 Å². The minimum Gasteiger partial charge on any atom is -0.340 e. The van der Waals surface area contributed by atoms with Gasteiger partial charge in [-0.15, -0.1) is 0 Å². The monoisotopic (exact) mass is 278 g/mol. The highest BCUT2D eigenvalue weighted by Crippen LogP contribution is 2.30. The molecule has 1 amide bonds. The van der Waals surface area contributed by atoms with Crippen molar-refractivity contribution in [3.63, 3.8) is 0 Å². The van der Waals surface area contributed by atoms with Gasteiger partial charge in [-0.3, -0.25) is 9.69 Å². The molecular weight excluding hydrogens is 256 g/mol. The van der Waals surface area contributed by atoms with Crippen LogP contribution in [-0.2, 0) is 11.3 Å². The standard InChI is InChI=1S/C14H22N4O2/c1-10-15-14(16-20-10)9-17-7-3-5-12(17)13-6-4-8-18(13)11(2)19/h12-13H,3-9H2,1-2H3/t12-,13-/m1/s1. The van der Waals surface area contributed by atoms with E-state index in [2.05, 4.69) is 15.0 Å². The quantitative estimate of drug-likeness (QED) is 0.835. The van der Waals surface area contributed by atoms with E-state index in [1.165, 1.54) is 6.42 Å². The van der Waals surface area contributed by atoms with Crippen molar-refractivity contribution in [3.05, 3.63) is 11.7 Å². The predicted octanol–water partition coefficient (Wildman–Crippen LogP) is 1.35. The fraction of sp³-hybridized carbons (Fsp3) is 0.786. The summed E-state index contributed by atoms with van der Waals surface area (Å²) in [5.74, 6) is 1.57. The molecule has 6 heteroatoms. The van der Waals surface area contributed by atoms with Crippen molar-refractivity contribution < 1.29 is 9.32 Å². The van der Waals surface area contributed by atoms with E-state index < -0.39 is 0 Å². The largest absolute Gasteiger partial charge is 0.340 e. The molecule has 0 N–H and O–H groups in total. The third-order valence-corrected chi connectivity index (χ3v) is 4.48. The van der Waals surface area contributed by atoms with Crippen molar-refractivity contribution in [1.29, 1.82) is 0 Å². The first-order valence-electron chi connectivity index (χ1n) is 7.45. The molecule has 2 saturated heterocycles. The molecule has 6 nitrogen and oxygen atoms in total. The molecule has 0 bridgehead atoms. The third kappa shape index (κ3) is 2.57. The summed E-state index contributed by atoms with van der Waals surface area (Å²) >= 11 is 0. The van der Waals surface area contributed by atoms with Crippen molar-refractivity contribution in [1.82, 2.24) is 19.9 Å². The number of likely N-dealkylation sites (tertiary alicyclic amines) is 2. The van der Waals surface area contributed by atoms with Gasteiger partial charge in [0.25, 0.3) is 0 Å². The highest BCUT2D eigenvalue weighted by atomic mass is 16.5. The third-order valence-electron chi connectivity index (χ3n) is 4.48. The first kappa shape index (κ1) is 13.5. The van der Waals surface area contributed by atoms with E-state index in [-0.39, 0.29) is 5.91 Å². The number of rotatable bonds is 3. The van der Waals surface area contributed by atoms with Crippen LogP contribution >= 0.6 is 0 Å². The molecule has 3 rings (SSSR count). The Hall–Kier alpha value is -1.43. The zero-order valence-electron chi connectivity index (χ0n) is 12.2. The number of aryl methyl sites for hydroxylation is 1. The predicted molar refractivity (Wildman–Crippen MR) is 72.9 cm³/mol. The maximum atomic E-state index is 11.7. The molecule has 0 radical (unpaired) electrons. The highest BCUT2D eigenvalue weighted by molar-refractivity contribution is 5.74. The van der Waals surface area contributed by atoms with Crippen LogP contribution in [0.3, 0.4) is 0 Å². The molecule has 0 aliphatic carbocycles. The highest BCUT2D eigenvalue weighted by Gasteiger charge is 2.38. The Morgan fingerprint density at radius 1 is 1.30 bits per heavy atom. The molecule has 0 aromatic carbocycles. The molecule has 2 aliphatic heterocycles. The van der Waals surface area contributed by atoms with E-state index in [4.69, 9.17) is 4.52 Å². The Bertz CT molecular complexity index is 487. The van der Waals surface area contributed by atoms with Crippen LogP contribution in [0.25, 0.3) is 0 Å². The Kier molecular flexibility index (Phi) is 3.74. The second-order valence-corrected chi connectivity index (χ2v) is 5.83. The maximum absolute atomic E-state index is 11.7. The Morgan fingerprint density at radius 3 is 2.75 bits per heavy atom. The molecule has 0 spiro atoms. The lowest BCUT2D eigenvalue weighted by molar-refractivity contribution is -0.130. The molecule has 20 heavy (non-hydrogen) atoms. The Morgan fingerprint density at radius 2 is 2.05 bits per heavy atom. The van der Waals surface area contributed by atoms with Gasteiger partial charge in [-0.05, 0) is 32.2 Å². The van der Waals surface area contributed by atoms with Crippen molar-refractivity contribution in [2.24, 2.45) is 0 Å². The van der Waals surface area contributed by atoms with Crippen LogP contribution in [0.2, 0.25) is 0 Å². The van der Waals surface area contributed by atoms with Gasteiger partial charge >= 0.3 is 0 Å². The smallest absolute Gasteiger partial charge is 0.223 e. The lowest BCUT2D eigenvalue weighted by atomic mass is 10.0. The van der Waals surface area contributed by atoms with Crippen LogP contribution in [-0.4, -0.2) is 51.0 Å². The van der Waals surface area contributed by atoms with Gasteiger partial charge in [0.15, 0.2) is 5.82 Å². The second-order valence-electron chi connectivity index (χ2n) is 5.83. The number of hydrogen-bond acceptors (Lipinski definition) is 5. The summed E-state index contributed by atoms with van der Waals surface area (Å²) in [7, 11) is 0. The molecule has 110 valence electrons. The maximum Gasteiger partial charge on any atom is 0.223 e. The first-order valence-corrected chi connectivity index (χ1v) is 7.45. The lowest BCUT2D eigenvalue weighted by Crippen LogP contribution is -2.47. The summed E-state index contributed by atoms with van der Waals surface area (Å²) in [5.41, 5.74) is 0. The zero-order chi connectivity index (χ0) is 14.1. The fourth-order valence-electron chi connectivity index (χ4n) is 3.65. The SMILES string of the molecule is CC(=O)N1CCC[C@@H]1[C@H]1CCCN1Cc1noc(C)n1. The van der Waals surface area contributed by atoms with E-state index in [0.717, 1.165) is 44.7 Å². The van der Waals surface area contributed by atoms with Crippen molar-refractivity contribution >= 4 is 5.91 Å². The van der Waals surface area contributed by atoms with Crippen LogP contribution in [0.1, 0.15) is 44.3 Å². The number of carbonyl (C=O) groups is 1. The Balaban J connectivity index is 1.70. The number of carbonyl (C=O) groups excluding carboxylic acids is 1. The van der Waals surface area contributed by atoms with Crippen LogP contribution in [0.5, 0.6) is 0 Å². The summed E-state index contributed by atoms with van der Waals surface area (Å²) in [5, 5.41) is 3.99. The van der Waals surface area contributed by atoms with E-state index in [0.29, 0.717) is 18.0 Å². The van der Waals surface area contributed by atoms with Crippen molar-refractivity contribution in [3.8, 4) is 0 Å². The zero-order valence-corrected chi connectivity index (χ0v) is 12.2. The summed E-state index contributed by atoms with van der Waals surface area (Å²) < 4.78 is 5.04. The van der Waals surface area contributed by atoms with Crippen LogP contribution in [0, 0.1) is 6.92 Å². The first-order chi connectivity index (χ1) is 9.65. The van der Waals surface area contributed by atoms with Gasteiger partial charge in [-0.2, -0.15) is 4.98 Å². The number of amides is 1. The molecule has 0 unspecified atom stereocenters.